The molecule has 3 unspecified atom stereocenters. The van der Waals surface area contributed by atoms with Crippen molar-refractivity contribution in [3.8, 4) is 0 Å². The lowest BCUT2D eigenvalue weighted by molar-refractivity contribution is -0.146. The largest absolute Gasteiger partial charge is 0.481 e. The summed E-state index contributed by atoms with van der Waals surface area (Å²) in [4.78, 5) is 10.7. The molecule has 0 radical (unpaired) electrons. The first kappa shape index (κ1) is 12.8. The summed E-state index contributed by atoms with van der Waals surface area (Å²) in [6.45, 7) is 2.23. The monoisotopic (exact) mass is 233 g/mol. The van der Waals surface area contributed by atoms with Gasteiger partial charge in [0.1, 0.15) is 0 Å². The summed E-state index contributed by atoms with van der Waals surface area (Å²) in [6.07, 6.45) is 3.59. The first-order chi connectivity index (χ1) is 6.96. The number of carboxylic acid groups (broad SMARTS) is 1. The van der Waals surface area contributed by atoms with Crippen LogP contribution in [0, 0.1) is 5.92 Å². The lowest BCUT2D eigenvalue weighted by atomic mass is 9.79. The molecule has 0 aliphatic heterocycles. The van der Waals surface area contributed by atoms with Crippen LogP contribution in [0.5, 0.6) is 0 Å². The highest BCUT2D eigenvalue weighted by Crippen LogP contribution is 2.27. The van der Waals surface area contributed by atoms with Crippen molar-refractivity contribution in [3.63, 3.8) is 0 Å². The van der Waals surface area contributed by atoms with Crippen LogP contribution >= 0.6 is 11.8 Å². The zero-order valence-corrected chi connectivity index (χ0v) is 10.0. The van der Waals surface area contributed by atoms with Crippen LogP contribution in [0.1, 0.15) is 19.8 Å². The highest BCUT2D eigenvalue weighted by Gasteiger charge is 2.37. The predicted molar refractivity (Wildman–Crippen MR) is 61.2 cm³/mol. The van der Waals surface area contributed by atoms with Gasteiger partial charge in [-0.25, -0.2) is 0 Å². The van der Waals surface area contributed by atoms with Gasteiger partial charge in [0.15, 0.2) is 0 Å². The maximum atomic E-state index is 10.7. The Labute approximate surface area is 94.4 Å². The van der Waals surface area contributed by atoms with Gasteiger partial charge in [-0.05, 0) is 26.0 Å². The fraction of sp³-hybridized carbons (Fsp3) is 0.900. The van der Waals surface area contributed by atoms with Crippen molar-refractivity contribution in [2.24, 2.45) is 5.92 Å². The molecule has 0 spiro atoms. The molecule has 1 rings (SSSR count). The first-order valence-corrected chi connectivity index (χ1v) is 6.53. The van der Waals surface area contributed by atoms with E-state index >= 15 is 0 Å². The molecule has 15 heavy (non-hydrogen) atoms. The molecule has 88 valence electrons. The standard InChI is InChI=1S/C10H19NO3S/c1-10(14,6-15-2)5-11-8-4-3-7(8)9(12)13/h7-8,11,14H,3-6H2,1-2H3,(H,12,13). The second-order valence-electron chi connectivity index (χ2n) is 4.44. The SMILES string of the molecule is CSCC(C)(O)CNC1CCC1C(=O)O. The van der Waals surface area contributed by atoms with Crippen molar-refractivity contribution in [3.05, 3.63) is 0 Å². The van der Waals surface area contributed by atoms with Gasteiger partial charge in [0.25, 0.3) is 0 Å². The lowest BCUT2D eigenvalue weighted by Gasteiger charge is -2.36. The molecule has 0 saturated heterocycles. The summed E-state index contributed by atoms with van der Waals surface area (Å²) in [5, 5.41) is 21.8. The van der Waals surface area contributed by atoms with Crippen molar-refractivity contribution >= 4 is 17.7 Å². The lowest BCUT2D eigenvalue weighted by Crippen LogP contribution is -2.52. The topological polar surface area (TPSA) is 69.6 Å². The van der Waals surface area contributed by atoms with E-state index in [9.17, 15) is 9.90 Å². The van der Waals surface area contributed by atoms with Crippen molar-refractivity contribution < 1.29 is 15.0 Å². The maximum absolute atomic E-state index is 10.7. The highest BCUT2D eigenvalue weighted by molar-refractivity contribution is 7.98. The summed E-state index contributed by atoms with van der Waals surface area (Å²) in [5.41, 5.74) is -0.752. The Balaban J connectivity index is 2.28. The number of nitrogens with one attached hydrogen (secondary N) is 1. The molecular formula is C10H19NO3S. The summed E-state index contributed by atoms with van der Waals surface area (Å²) in [6, 6.07) is 0.0378. The summed E-state index contributed by atoms with van der Waals surface area (Å²) < 4.78 is 0. The van der Waals surface area contributed by atoms with E-state index < -0.39 is 11.6 Å². The van der Waals surface area contributed by atoms with E-state index in [0.717, 1.165) is 12.8 Å². The minimum atomic E-state index is -0.752. The van der Waals surface area contributed by atoms with Gasteiger partial charge in [-0.3, -0.25) is 4.79 Å². The van der Waals surface area contributed by atoms with Crippen molar-refractivity contribution in [2.75, 3.05) is 18.6 Å². The van der Waals surface area contributed by atoms with E-state index in [2.05, 4.69) is 5.32 Å². The molecule has 3 atom stereocenters. The number of aliphatic hydroxyl groups is 1. The Kier molecular flexibility index (Phi) is 4.43. The van der Waals surface area contributed by atoms with E-state index in [1.54, 1.807) is 18.7 Å². The number of thioether (sulfide) groups is 1. The average molecular weight is 233 g/mol. The number of hydrogen-bond donors (Lipinski definition) is 3. The molecule has 0 bridgehead atoms. The minimum Gasteiger partial charge on any atom is -0.481 e. The van der Waals surface area contributed by atoms with Crippen LogP contribution in [0.4, 0.5) is 0 Å². The Bertz CT molecular complexity index is 233. The van der Waals surface area contributed by atoms with Gasteiger partial charge < -0.3 is 15.5 Å². The van der Waals surface area contributed by atoms with E-state index in [1.807, 2.05) is 6.26 Å². The van der Waals surface area contributed by atoms with E-state index in [-0.39, 0.29) is 12.0 Å². The maximum Gasteiger partial charge on any atom is 0.308 e. The number of rotatable bonds is 6. The van der Waals surface area contributed by atoms with Crippen LogP contribution in [-0.2, 0) is 4.79 Å². The summed E-state index contributed by atoms with van der Waals surface area (Å²) >= 11 is 1.59. The van der Waals surface area contributed by atoms with E-state index in [0.29, 0.717) is 12.3 Å². The van der Waals surface area contributed by atoms with E-state index in [4.69, 9.17) is 5.11 Å². The van der Waals surface area contributed by atoms with Gasteiger partial charge in [0, 0.05) is 18.3 Å². The Morgan fingerprint density at radius 2 is 2.27 bits per heavy atom. The van der Waals surface area contributed by atoms with Crippen LogP contribution < -0.4 is 5.32 Å². The zero-order valence-electron chi connectivity index (χ0n) is 9.19. The number of carbonyl (C=O) groups is 1. The normalized spacial score (nSPS) is 29.3. The molecule has 5 heteroatoms. The minimum absolute atomic E-state index is 0.0378. The molecule has 0 aromatic rings. The molecule has 0 aromatic heterocycles. The van der Waals surface area contributed by atoms with Crippen LogP contribution in [-0.4, -0.2) is 46.4 Å². The molecular weight excluding hydrogens is 214 g/mol. The molecule has 0 aromatic carbocycles. The summed E-state index contributed by atoms with van der Waals surface area (Å²) in [7, 11) is 0. The average Bonchev–Trinajstić information content (AvgIpc) is 2.00. The third-order valence-corrected chi connectivity index (χ3v) is 3.70. The quantitative estimate of drug-likeness (QED) is 0.625. The Morgan fingerprint density at radius 3 is 2.67 bits per heavy atom. The molecule has 1 saturated carbocycles. The van der Waals surface area contributed by atoms with Gasteiger partial charge in [-0.15, -0.1) is 0 Å². The van der Waals surface area contributed by atoms with Gasteiger partial charge in [0.2, 0.25) is 0 Å². The van der Waals surface area contributed by atoms with Gasteiger partial charge in [-0.2, -0.15) is 11.8 Å². The third-order valence-electron chi connectivity index (χ3n) is 2.79. The van der Waals surface area contributed by atoms with Crippen molar-refractivity contribution in [2.45, 2.75) is 31.4 Å². The smallest absolute Gasteiger partial charge is 0.308 e. The van der Waals surface area contributed by atoms with Crippen LogP contribution in [0.3, 0.4) is 0 Å². The number of hydrogen-bond acceptors (Lipinski definition) is 4. The van der Waals surface area contributed by atoms with Crippen LogP contribution in [0.15, 0.2) is 0 Å². The number of carboxylic acids is 1. The van der Waals surface area contributed by atoms with Gasteiger partial charge in [-0.1, -0.05) is 0 Å². The van der Waals surface area contributed by atoms with Crippen molar-refractivity contribution in [1.82, 2.24) is 5.32 Å². The second-order valence-corrected chi connectivity index (χ2v) is 5.31. The molecule has 0 heterocycles. The zero-order chi connectivity index (χ0) is 11.5. The van der Waals surface area contributed by atoms with Crippen molar-refractivity contribution in [1.29, 1.82) is 0 Å². The van der Waals surface area contributed by atoms with E-state index in [1.165, 1.54) is 0 Å². The summed E-state index contributed by atoms with van der Waals surface area (Å²) in [5.74, 6) is -0.344. The predicted octanol–water partition coefficient (Wildman–Crippen LogP) is 0.553. The fourth-order valence-electron chi connectivity index (χ4n) is 1.75. The molecule has 4 nitrogen and oxygen atoms in total. The molecule has 0 amide bonds. The second kappa shape index (κ2) is 5.18. The molecule has 1 fully saturated rings. The van der Waals surface area contributed by atoms with Crippen LogP contribution in [0.2, 0.25) is 0 Å². The Morgan fingerprint density at radius 1 is 1.60 bits per heavy atom. The molecule has 1 aliphatic carbocycles. The first-order valence-electron chi connectivity index (χ1n) is 5.14. The molecule has 1 aliphatic rings. The number of aliphatic carboxylic acids is 1. The molecule has 3 N–H and O–H groups in total. The van der Waals surface area contributed by atoms with Crippen LogP contribution in [0.25, 0.3) is 0 Å². The fourth-order valence-corrected chi connectivity index (χ4v) is 2.48. The highest BCUT2D eigenvalue weighted by atomic mass is 32.2. The van der Waals surface area contributed by atoms with Gasteiger partial charge >= 0.3 is 5.97 Å². The van der Waals surface area contributed by atoms with Gasteiger partial charge in [0.05, 0.1) is 11.5 Å². The third kappa shape index (κ3) is 3.66. The Hall–Kier alpha value is -0.260.